The highest BCUT2D eigenvalue weighted by Gasteiger charge is 2.22. The van der Waals surface area contributed by atoms with Gasteiger partial charge in [-0.05, 0) is 37.4 Å². The van der Waals surface area contributed by atoms with Gasteiger partial charge in [0.25, 0.3) is 10.9 Å². The minimum atomic E-state index is -0.470. The zero-order valence-electron chi connectivity index (χ0n) is 14.9. The number of hydrogen-bond acceptors (Lipinski definition) is 6. The molecule has 0 aliphatic carbocycles. The molecule has 2 aromatic carbocycles. The topological polar surface area (TPSA) is 74.3 Å². The van der Waals surface area contributed by atoms with Crippen molar-refractivity contribution < 1.29 is 0 Å². The van der Waals surface area contributed by atoms with E-state index in [1.807, 2.05) is 44.4 Å². The molecule has 0 saturated heterocycles. The Balaban J connectivity index is 1.69. The molecule has 3 aromatic rings. The van der Waals surface area contributed by atoms with E-state index in [9.17, 15) is 9.59 Å². The number of hydrogen-bond donors (Lipinski definition) is 2. The molecule has 0 radical (unpaired) electrons. The normalized spacial score (nSPS) is 12.3. The molecule has 0 unspecified atom stereocenters. The van der Waals surface area contributed by atoms with Gasteiger partial charge in [-0.2, -0.15) is 0 Å². The summed E-state index contributed by atoms with van der Waals surface area (Å²) in [6.07, 6.45) is 3.39. The Labute approximate surface area is 152 Å². The van der Waals surface area contributed by atoms with Crippen molar-refractivity contribution in [3.8, 4) is 0 Å². The highest BCUT2D eigenvalue weighted by molar-refractivity contribution is 5.74. The first-order valence-corrected chi connectivity index (χ1v) is 8.49. The highest BCUT2D eigenvalue weighted by Crippen LogP contribution is 2.21. The number of nitrogens with zero attached hydrogens (tertiary/aromatic N) is 2. The number of pyridine rings is 1. The average molecular weight is 350 g/mol. The molecule has 6 nitrogen and oxygen atoms in total. The Kier molecular flexibility index (Phi) is 5.43. The van der Waals surface area contributed by atoms with Crippen LogP contribution in [0.4, 0.5) is 11.4 Å². The molecule has 1 atom stereocenters. The van der Waals surface area contributed by atoms with E-state index < -0.39 is 10.9 Å². The smallest absolute Gasteiger partial charge is 0.253 e. The average Bonchev–Trinajstić information content (AvgIpc) is 2.67. The van der Waals surface area contributed by atoms with Crippen molar-refractivity contribution >= 4 is 11.4 Å². The van der Waals surface area contributed by atoms with Crippen molar-refractivity contribution in [3.05, 3.63) is 86.4 Å². The Morgan fingerprint density at radius 2 is 1.54 bits per heavy atom. The first kappa shape index (κ1) is 17.8. The second kappa shape index (κ2) is 7.93. The lowest BCUT2D eigenvalue weighted by Crippen LogP contribution is -2.39. The van der Waals surface area contributed by atoms with Crippen LogP contribution in [-0.4, -0.2) is 30.5 Å². The molecule has 0 fully saturated rings. The van der Waals surface area contributed by atoms with Crippen molar-refractivity contribution in [2.24, 2.45) is 0 Å². The Hall–Kier alpha value is -2.99. The van der Waals surface area contributed by atoms with E-state index in [4.69, 9.17) is 0 Å². The van der Waals surface area contributed by atoms with Gasteiger partial charge < -0.3 is 15.5 Å². The summed E-state index contributed by atoms with van der Waals surface area (Å²) in [5.41, 5.74) is 1.93. The quantitative estimate of drug-likeness (QED) is 0.606. The van der Waals surface area contributed by atoms with Gasteiger partial charge >= 0.3 is 0 Å². The maximum absolute atomic E-state index is 12.0. The minimum Gasteiger partial charge on any atom is -0.378 e. The van der Waals surface area contributed by atoms with Crippen molar-refractivity contribution in [1.82, 2.24) is 9.88 Å². The van der Waals surface area contributed by atoms with E-state index in [-0.39, 0.29) is 6.04 Å². The lowest BCUT2D eigenvalue weighted by molar-refractivity contribution is 0.312. The number of nitrogens with one attached hydrogen (secondary N) is 2. The summed E-state index contributed by atoms with van der Waals surface area (Å²) in [7, 11) is 3.98. The van der Waals surface area contributed by atoms with Gasteiger partial charge in [-0.25, -0.2) is 0 Å². The van der Waals surface area contributed by atoms with Gasteiger partial charge in [0.1, 0.15) is 11.4 Å². The molecule has 1 aromatic heterocycles. The third-order valence-corrected chi connectivity index (χ3v) is 4.41. The van der Waals surface area contributed by atoms with Gasteiger partial charge in [-0.1, -0.05) is 30.3 Å². The summed E-state index contributed by atoms with van der Waals surface area (Å²) in [4.78, 5) is 29.9. The largest absolute Gasteiger partial charge is 0.378 e. The van der Waals surface area contributed by atoms with Gasteiger partial charge in [0, 0.05) is 25.5 Å². The Morgan fingerprint density at radius 3 is 2.15 bits per heavy atom. The summed E-state index contributed by atoms with van der Waals surface area (Å²) < 4.78 is 0. The summed E-state index contributed by atoms with van der Waals surface area (Å²) in [5.74, 6) is 0. The van der Waals surface area contributed by atoms with E-state index in [1.165, 1.54) is 0 Å². The number of rotatable bonds is 8. The summed E-state index contributed by atoms with van der Waals surface area (Å²) in [6.45, 7) is 1.00. The fourth-order valence-corrected chi connectivity index (χ4v) is 2.89. The van der Waals surface area contributed by atoms with Crippen LogP contribution in [0.3, 0.4) is 0 Å². The van der Waals surface area contributed by atoms with Gasteiger partial charge in [0.2, 0.25) is 0 Å². The van der Waals surface area contributed by atoms with Crippen molar-refractivity contribution in [2.75, 3.05) is 31.3 Å². The molecule has 0 aliphatic rings. The number of anilines is 2. The highest BCUT2D eigenvalue weighted by atomic mass is 16.2. The van der Waals surface area contributed by atoms with Gasteiger partial charge in [0.05, 0.1) is 6.04 Å². The van der Waals surface area contributed by atoms with Crippen molar-refractivity contribution in [1.29, 1.82) is 0 Å². The van der Waals surface area contributed by atoms with Crippen LogP contribution >= 0.6 is 0 Å². The van der Waals surface area contributed by atoms with Crippen LogP contribution in [-0.2, 0) is 6.54 Å². The summed E-state index contributed by atoms with van der Waals surface area (Å²) in [6, 6.07) is 13.9. The zero-order chi connectivity index (χ0) is 18.5. The monoisotopic (exact) mass is 350 g/mol. The molecular weight excluding hydrogens is 328 g/mol. The van der Waals surface area contributed by atoms with Crippen LogP contribution in [0.1, 0.15) is 17.2 Å². The molecule has 0 bridgehead atoms. The van der Waals surface area contributed by atoms with Gasteiger partial charge in [0.15, 0.2) is 0 Å². The lowest BCUT2D eigenvalue weighted by atomic mass is 10.1. The Bertz CT molecular complexity index is 916. The maximum atomic E-state index is 12.0. The van der Waals surface area contributed by atoms with E-state index in [0.29, 0.717) is 24.5 Å². The predicted molar refractivity (Wildman–Crippen MR) is 104 cm³/mol. The third-order valence-electron chi connectivity index (χ3n) is 4.41. The first-order valence-electron chi connectivity index (χ1n) is 8.49. The third kappa shape index (κ3) is 3.81. The molecule has 0 aliphatic heterocycles. The van der Waals surface area contributed by atoms with Crippen molar-refractivity contribution in [2.45, 2.75) is 12.6 Å². The standard InChI is InChI=1S/C20H22N4O2/c1-24(2)16(15-6-4-3-5-7-15)13-23-18-17(19(25)20(18)26)22-12-14-8-10-21-11-9-14/h3-11,16,22-23H,12-13H2,1-2H3/t16-/m0/s1. The second-order valence-electron chi connectivity index (χ2n) is 6.39. The summed E-state index contributed by atoms with van der Waals surface area (Å²) >= 11 is 0. The first-order chi connectivity index (χ1) is 12.6. The Morgan fingerprint density at radius 1 is 0.923 bits per heavy atom. The number of aromatic nitrogens is 1. The fourth-order valence-electron chi connectivity index (χ4n) is 2.89. The van der Waals surface area contributed by atoms with Crippen LogP contribution in [0, 0.1) is 0 Å². The van der Waals surface area contributed by atoms with E-state index in [0.717, 1.165) is 11.1 Å². The van der Waals surface area contributed by atoms with E-state index in [1.54, 1.807) is 12.4 Å². The van der Waals surface area contributed by atoms with Crippen LogP contribution in [0.2, 0.25) is 0 Å². The van der Waals surface area contributed by atoms with Gasteiger partial charge in [-0.15, -0.1) is 0 Å². The molecule has 134 valence electrons. The van der Waals surface area contributed by atoms with Crippen LogP contribution in [0.15, 0.2) is 64.4 Å². The number of benzene rings is 1. The maximum Gasteiger partial charge on any atom is 0.253 e. The SMILES string of the molecule is CN(C)[C@@H](CNc1c(NCc2ccncc2)c(=O)c1=O)c1ccccc1. The zero-order valence-corrected chi connectivity index (χ0v) is 14.9. The molecule has 3 rings (SSSR count). The molecule has 0 saturated carbocycles. The molecule has 1 heterocycles. The molecule has 2 N–H and O–H groups in total. The minimum absolute atomic E-state index is 0.0913. The van der Waals surface area contributed by atoms with Gasteiger partial charge in [-0.3, -0.25) is 14.6 Å². The number of likely N-dealkylation sites (N-methyl/N-ethyl adjacent to an activating group) is 1. The molecule has 6 heteroatoms. The van der Waals surface area contributed by atoms with Crippen molar-refractivity contribution in [3.63, 3.8) is 0 Å². The van der Waals surface area contributed by atoms with E-state index >= 15 is 0 Å². The molecular formula is C20H22N4O2. The summed E-state index contributed by atoms with van der Waals surface area (Å²) in [5, 5.41) is 6.22. The second-order valence-corrected chi connectivity index (χ2v) is 6.39. The fraction of sp³-hybridized carbons (Fsp3) is 0.250. The van der Waals surface area contributed by atoms with Crippen LogP contribution < -0.4 is 21.5 Å². The van der Waals surface area contributed by atoms with Crippen LogP contribution in [0.5, 0.6) is 0 Å². The van der Waals surface area contributed by atoms with E-state index in [2.05, 4.69) is 32.7 Å². The molecule has 26 heavy (non-hydrogen) atoms. The predicted octanol–water partition coefficient (Wildman–Crippen LogP) is 2.00. The molecule has 0 spiro atoms. The molecule has 0 amide bonds. The van der Waals surface area contributed by atoms with Crippen LogP contribution in [0.25, 0.3) is 0 Å². The lowest BCUT2D eigenvalue weighted by Gasteiger charge is -2.26.